The Bertz CT molecular complexity index is 169. The molecule has 0 aliphatic rings. The molecule has 0 rings (SSSR count). The van der Waals surface area contributed by atoms with Crippen molar-refractivity contribution in [1.29, 1.82) is 0 Å². The number of carbonyl (C=O) groups excluding carboxylic acids is 1. The molecule has 0 fully saturated rings. The van der Waals surface area contributed by atoms with E-state index in [1.165, 1.54) is 0 Å². The average molecular weight is 177 g/mol. The van der Waals surface area contributed by atoms with Gasteiger partial charge in [0.1, 0.15) is 0 Å². The lowest BCUT2D eigenvalue weighted by atomic mass is 10.3. The van der Waals surface area contributed by atoms with Gasteiger partial charge < -0.3 is 4.74 Å². The van der Waals surface area contributed by atoms with Gasteiger partial charge in [-0.05, 0) is 13.3 Å². The lowest BCUT2D eigenvalue weighted by molar-refractivity contribution is -0.765. The Morgan fingerprint density at radius 1 is 1.58 bits per heavy atom. The Kier molecular flexibility index (Phi) is 4.75. The molecule has 0 aliphatic carbocycles. The van der Waals surface area contributed by atoms with Gasteiger partial charge in [-0.3, -0.25) is 4.84 Å². The maximum atomic E-state index is 10.9. The van der Waals surface area contributed by atoms with Crippen LogP contribution in [0.25, 0.3) is 0 Å². The molecule has 0 aliphatic heterocycles. The van der Waals surface area contributed by atoms with Crippen molar-refractivity contribution in [3.63, 3.8) is 0 Å². The molecule has 0 aromatic heterocycles. The third-order valence-corrected chi connectivity index (χ3v) is 1.13. The van der Waals surface area contributed by atoms with E-state index in [0.29, 0.717) is 0 Å². The van der Waals surface area contributed by atoms with Crippen LogP contribution in [0.5, 0.6) is 0 Å². The summed E-state index contributed by atoms with van der Waals surface area (Å²) in [5.74, 6) is -0.697. The highest BCUT2D eigenvalue weighted by atomic mass is 17.0. The Hall–Kier alpha value is -1.33. The first-order chi connectivity index (χ1) is 5.61. The minimum Gasteiger partial charge on any atom is -0.464 e. The summed E-state index contributed by atoms with van der Waals surface area (Å²) >= 11 is 0. The third kappa shape index (κ3) is 3.75. The molecule has 6 nitrogen and oxygen atoms in total. The first-order valence-corrected chi connectivity index (χ1v) is 3.59. The van der Waals surface area contributed by atoms with Gasteiger partial charge in [0, 0.05) is 0 Å². The van der Waals surface area contributed by atoms with Crippen molar-refractivity contribution in [1.82, 2.24) is 0 Å². The van der Waals surface area contributed by atoms with Crippen molar-refractivity contribution in [3.8, 4) is 0 Å². The molecular weight excluding hydrogens is 166 g/mol. The predicted molar refractivity (Wildman–Crippen MR) is 38.8 cm³/mol. The minimum absolute atomic E-state index is 0.191. The van der Waals surface area contributed by atoms with E-state index in [4.69, 9.17) is 0 Å². The third-order valence-electron chi connectivity index (χ3n) is 1.13. The SMILES string of the molecule is CCOC(=O)C(CC)O[N+](=O)[O-]. The van der Waals surface area contributed by atoms with Crippen LogP contribution in [0, 0.1) is 10.1 Å². The number of ether oxygens (including phenoxy) is 1. The lowest BCUT2D eigenvalue weighted by Crippen LogP contribution is -2.28. The van der Waals surface area contributed by atoms with Gasteiger partial charge in [-0.25, -0.2) is 4.79 Å². The van der Waals surface area contributed by atoms with Crippen molar-refractivity contribution >= 4 is 5.97 Å². The number of nitrogens with zero attached hydrogens (tertiary/aromatic N) is 1. The molecule has 0 bridgehead atoms. The summed E-state index contributed by atoms with van der Waals surface area (Å²) in [5.41, 5.74) is 0. The normalized spacial score (nSPS) is 11.8. The lowest BCUT2D eigenvalue weighted by Gasteiger charge is -2.10. The molecule has 0 heterocycles. The number of hydrogen-bond acceptors (Lipinski definition) is 5. The standard InChI is InChI=1S/C6H11NO5/c1-3-5(12-7(9)10)6(8)11-4-2/h5H,3-4H2,1-2H3. The Balaban J connectivity index is 3.96. The summed E-state index contributed by atoms with van der Waals surface area (Å²) in [6.45, 7) is 3.41. The molecule has 0 amide bonds. The highest BCUT2D eigenvalue weighted by molar-refractivity contribution is 5.74. The maximum absolute atomic E-state index is 10.9. The Morgan fingerprint density at radius 2 is 2.17 bits per heavy atom. The molecule has 0 radical (unpaired) electrons. The van der Waals surface area contributed by atoms with E-state index in [1.54, 1.807) is 13.8 Å². The zero-order valence-electron chi connectivity index (χ0n) is 6.98. The molecule has 0 saturated heterocycles. The van der Waals surface area contributed by atoms with E-state index >= 15 is 0 Å². The molecule has 70 valence electrons. The quantitative estimate of drug-likeness (QED) is 0.348. The fourth-order valence-corrected chi connectivity index (χ4v) is 0.623. The molecule has 0 aromatic rings. The van der Waals surface area contributed by atoms with Gasteiger partial charge in [0.05, 0.1) is 6.61 Å². The van der Waals surface area contributed by atoms with Gasteiger partial charge in [-0.1, -0.05) is 6.92 Å². The van der Waals surface area contributed by atoms with Crippen LogP contribution in [0.3, 0.4) is 0 Å². The Labute approximate surface area is 69.6 Å². The predicted octanol–water partition coefficient (Wildman–Crippen LogP) is 0.536. The van der Waals surface area contributed by atoms with Gasteiger partial charge in [0.25, 0.3) is 5.09 Å². The van der Waals surface area contributed by atoms with Gasteiger partial charge in [0.15, 0.2) is 0 Å². The summed E-state index contributed by atoms with van der Waals surface area (Å²) in [6, 6.07) is 0. The number of carbonyl (C=O) groups is 1. The van der Waals surface area contributed by atoms with E-state index in [9.17, 15) is 14.9 Å². The minimum atomic E-state index is -1.10. The molecule has 0 spiro atoms. The van der Waals surface area contributed by atoms with Crippen LogP contribution < -0.4 is 0 Å². The van der Waals surface area contributed by atoms with Crippen LogP contribution in [-0.4, -0.2) is 23.8 Å². The van der Waals surface area contributed by atoms with Crippen molar-refractivity contribution in [2.75, 3.05) is 6.61 Å². The first kappa shape index (κ1) is 10.7. The molecular formula is C6H11NO5. The van der Waals surface area contributed by atoms with E-state index in [2.05, 4.69) is 9.57 Å². The van der Waals surface area contributed by atoms with Crippen LogP contribution in [0.2, 0.25) is 0 Å². The summed E-state index contributed by atoms with van der Waals surface area (Å²) < 4.78 is 4.53. The zero-order valence-corrected chi connectivity index (χ0v) is 6.98. The fourth-order valence-electron chi connectivity index (χ4n) is 0.623. The number of rotatable bonds is 5. The molecule has 1 atom stereocenters. The van der Waals surface area contributed by atoms with E-state index < -0.39 is 17.2 Å². The summed E-state index contributed by atoms with van der Waals surface area (Å²) in [4.78, 5) is 24.8. The summed E-state index contributed by atoms with van der Waals surface area (Å²) in [5, 5.41) is 8.86. The van der Waals surface area contributed by atoms with Crippen LogP contribution >= 0.6 is 0 Å². The second-order valence-electron chi connectivity index (χ2n) is 1.98. The van der Waals surface area contributed by atoms with Crippen molar-refractivity contribution in [2.45, 2.75) is 26.4 Å². The van der Waals surface area contributed by atoms with Crippen LogP contribution in [-0.2, 0) is 14.4 Å². The van der Waals surface area contributed by atoms with Crippen LogP contribution in [0.4, 0.5) is 0 Å². The van der Waals surface area contributed by atoms with Gasteiger partial charge in [-0.2, -0.15) is 0 Å². The van der Waals surface area contributed by atoms with Crippen molar-refractivity contribution < 1.29 is 19.5 Å². The largest absolute Gasteiger partial charge is 0.464 e. The fraction of sp³-hybridized carbons (Fsp3) is 0.833. The van der Waals surface area contributed by atoms with E-state index in [0.717, 1.165) is 0 Å². The monoisotopic (exact) mass is 177 g/mol. The van der Waals surface area contributed by atoms with Gasteiger partial charge in [0.2, 0.25) is 6.10 Å². The highest BCUT2D eigenvalue weighted by Crippen LogP contribution is 2.00. The topological polar surface area (TPSA) is 78.7 Å². The van der Waals surface area contributed by atoms with Crippen molar-refractivity contribution in [2.24, 2.45) is 0 Å². The maximum Gasteiger partial charge on any atom is 0.335 e. The second-order valence-corrected chi connectivity index (χ2v) is 1.98. The molecule has 1 unspecified atom stereocenters. The molecule has 12 heavy (non-hydrogen) atoms. The zero-order chi connectivity index (χ0) is 9.56. The van der Waals surface area contributed by atoms with Gasteiger partial charge in [-0.15, -0.1) is 10.1 Å². The molecule has 6 heteroatoms. The summed E-state index contributed by atoms with van der Waals surface area (Å²) in [7, 11) is 0. The molecule has 0 saturated carbocycles. The van der Waals surface area contributed by atoms with E-state index in [1.807, 2.05) is 0 Å². The summed E-state index contributed by atoms with van der Waals surface area (Å²) in [6.07, 6.45) is -0.875. The second kappa shape index (κ2) is 5.34. The first-order valence-electron chi connectivity index (χ1n) is 3.59. The highest BCUT2D eigenvalue weighted by Gasteiger charge is 2.21. The Morgan fingerprint density at radius 3 is 2.50 bits per heavy atom. The average Bonchev–Trinajstić information content (AvgIpc) is 2.00. The van der Waals surface area contributed by atoms with E-state index in [-0.39, 0.29) is 13.0 Å². The van der Waals surface area contributed by atoms with Crippen LogP contribution in [0.15, 0.2) is 0 Å². The molecule has 0 aromatic carbocycles. The van der Waals surface area contributed by atoms with Crippen LogP contribution in [0.1, 0.15) is 20.3 Å². The van der Waals surface area contributed by atoms with Crippen molar-refractivity contribution in [3.05, 3.63) is 10.1 Å². The smallest absolute Gasteiger partial charge is 0.335 e. The number of hydrogen-bond donors (Lipinski definition) is 0. The van der Waals surface area contributed by atoms with Gasteiger partial charge >= 0.3 is 5.97 Å². The number of esters is 1. The molecule has 0 N–H and O–H groups in total.